The highest BCUT2D eigenvalue weighted by atomic mass is 16.5. The SMILES string of the molecule is C[C@]1(C#N)CCCO1. The van der Waals surface area contributed by atoms with Crippen LogP contribution in [0.1, 0.15) is 19.8 Å². The van der Waals surface area contributed by atoms with Crippen LogP contribution < -0.4 is 0 Å². The van der Waals surface area contributed by atoms with Crippen molar-refractivity contribution in [2.24, 2.45) is 0 Å². The molecule has 1 saturated heterocycles. The summed E-state index contributed by atoms with van der Waals surface area (Å²) in [4.78, 5) is 0. The maximum Gasteiger partial charge on any atom is 0.151 e. The summed E-state index contributed by atoms with van der Waals surface area (Å²) in [6.07, 6.45) is 1.92. The molecule has 2 nitrogen and oxygen atoms in total. The van der Waals surface area contributed by atoms with Gasteiger partial charge < -0.3 is 4.74 Å². The molecule has 0 radical (unpaired) electrons. The lowest BCUT2D eigenvalue weighted by Crippen LogP contribution is -2.18. The van der Waals surface area contributed by atoms with Gasteiger partial charge in [-0.05, 0) is 19.8 Å². The molecule has 0 saturated carbocycles. The zero-order chi connectivity index (χ0) is 6.04. The molecule has 1 fully saturated rings. The Labute approximate surface area is 49.1 Å². The predicted molar refractivity (Wildman–Crippen MR) is 29.2 cm³/mol. The fourth-order valence-corrected chi connectivity index (χ4v) is 0.867. The maximum atomic E-state index is 8.45. The van der Waals surface area contributed by atoms with Crippen molar-refractivity contribution in [3.05, 3.63) is 0 Å². The fraction of sp³-hybridized carbons (Fsp3) is 0.833. The van der Waals surface area contributed by atoms with Gasteiger partial charge in [0.2, 0.25) is 0 Å². The Hall–Kier alpha value is -0.550. The smallest absolute Gasteiger partial charge is 0.151 e. The average molecular weight is 111 g/mol. The van der Waals surface area contributed by atoms with Crippen LogP contribution in [-0.4, -0.2) is 12.2 Å². The Morgan fingerprint density at radius 3 is 2.75 bits per heavy atom. The van der Waals surface area contributed by atoms with Crippen LogP contribution in [0.4, 0.5) is 0 Å². The maximum absolute atomic E-state index is 8.45. The quantitative estimate of drug-likeness (QED) is 0.468. The third-order valence-corrected chi connectivity index (χ3v) is 1.46. The number of hydrogen-bond acceptors (Lipinski definition) is 2. The summed E-state index contributed by atoms with van der Waals surface area (Å²) < 4.78 is 5.13. The molecule has 1 heterocycles. The Morgan fingerprint density at radius 1 is 1.75 bits per heavy atom. The van der Waals surface area contributed by atoms with Crippen molar-refractivity contribution < 1.29 is 4.74 Å². The van der Waals surface area contributed by atoms with Crippen molar-refractivity contribution in [1.29, 1.82) is 5.26 Å². The number of rotatable bonds is 0. The van der Waals surface area contributed by atoms with Gasteiger partial charge in [-0.25, -0.2) is 0 Å². The van der Waals surface area contributed by atoms with E-state index in [9.17, 15) is 0 Å². The van der Waals surface area contributed by atoms with Crippen LogP contribution in [0.2, 0.25) is 0 Å². The highest BCUT2D eigenvalue weighted by Crippen LogP contribution is 2.23. The van der Waals surface area contributed by atoms with E-state index in [1.807, 2.05) is 6.92 Å². The highest BCUT2D eigenvalue weighted by molar-refractivity contribution is 5.00. The Kier molecular flexibility index (Phi) is 1.22. The van der Waals surface area contributed by atoms with E-state index >= 15 is 0 Å². The van der Waals surface area contributed by atoms with Gasteiger partial charge in [0.15, 0.2) is 5.60 Å². The number of hydrogen-bond donors (Lipinski definition) is 0. The molecule has 0 aromatic rings. The first-order valence-electron chi connectivity index (χ1n) is 2.82. The van der Waals surface area contributed by atoms with Crippen LogP contribution in [-0.2, 0) is 4.74 Å². The van der Waals surface area contributed by atoms with Crippen LogP contribution in [0.5, 0.6) is 0 Å². The van der Waals surface area contributed by atoms with Gasteiger partial charge in [0.05, 0.1) is 6.07 Å². The Morgan fingerprint density at radius 2 is 2.50 bits per heavy atom. The molecule has 0 N–H and O–H groups in total. The predicted octanol–water partition coefficient (Wildman–Crippen LogP) is 1.08. The molecule has 2 heteroatoms. The summed E-state index contributed by atoms with van der Waals surface area (Å²) in [7, 11) is 0. The molecule has 0 spiro atoms. The lowest BCUT2D eigenvalue weighted by atomic mass is 10.1. The lowest BCUT2D eigenvalue weighted by Gasteiger charge is -2.10. The van der Waals surface area contributed by atoms with Crippen molar-refractivity contribution in [2.45, 2.75) is 25.4 Å². The van der Waals surface area contributed by atoms with Gasteiger partial charge in [0, 0.05) is 6.61 Å². The summed E-state index contributed by atoms with van der Waals surface area (Å²) in [6.45, 7) is 2.59. The number of nitrogens with zero attached hydrogens (tertiary/aromatic N) is 1. The molecule has 1 aliphatic heterocycles. The van der Waals surface area contributed by atoms with Crippen LogP contribution in [0.15, 0.2) is 0 Å². The molecule has 0 aromatic heterocycles. The molecule has 1 atom stereocenters. The molecule has 1 aliphatic rings. The van der Waals surface area contributed by atoms with Gasteiger partial charge in [0.1, 0.15) is 0 Å². The van der Waals surface area contributed by atoms with Crippen molar-refractivity contribution in [2.75, 3.05) is 6.61 Å². The van der Waals surface area contributed by atoms with Gasteiger partial charge in [0.25, 0.3) is 0 Å². The molecular weight excluding hydrogens is 102 g/mol. The van der Waals surface area contributed by atoms with E-state index < -0.39 is 5.60 Å². The molecule has 0 unspecified atom stereocenters. The van der Waals surface area contributed by atoms with Gasteiger partial charge in [-0.15, -0.1) is 0 Å². The lowest BCUT2D eigenvalue weighted by molar-refractivity contribution is 0.0677. The standard InChI is InChI=1S/C6H9NO/c1-6(5-7)3-2-4-8-6/h2-4H2,1H3/t6-/m1/s1. The molecule has 0 aliphatic carbocycles. The number of nitriles is 1. The topological polar surface area (TPSA) is 33.0 Å². The minimum absolute atomic E-state index is 0.458. The van der Waals surface area contributed by atoms with Crippen molar-refractivity contribution in [1.82, 2.24) is 0 Å². The van der Waals surface area contributed by atoms with E-state index in [4.69, 9.17) is 10.00 Å². The molecule has 8 heavy (non-hydrogen) atoms. The average Bonchev–Trinajstić information content (AvgIpc) is 2.17. The Bertz CT molecular complexity index is 119. The van der Waals surface area contributed by atoms with Crippen molar-refractivity contribution in [3.63, 3.8) is 0 Å². The molecule has 44 valence electrons. The van der Waals surface area contributed by atoms with Crippen LogP contribution in [0.3, 0.4) is 0 Å². The van der Waals surface area contributed by atoms with E-state index in [1.165, 1.54) is 0 Å². The first-order valence-corrected chi connectivity index (χ1v) is 2.82. The van der Waals surface area contributed by atoms with E-state index in [0.717, 1.165) is 19.4 Å². The summed E-state index contributed by atoms with van der Waals surface area (Å²) in [5, 5.41) is 8.45. The van der Waals surface area contributed by atoms with Crippen molar-refractivity contribution in [3.8, 4) is 6.07 Å². The van der Waals surface area contributed by atoms with Crippen LogP contribution >= 0.6 is 0 Å². The van der Waals surface area contributed by atoms with E-state index in [1.54, 1.807) is 0 Å². The summed E-state index contributed by atoms with van der Waals surface area (Å²) in [5.41, 5.74) is -0.458. The second-order valence-electron chi connectivity index (χ2n) is 2.29. The van der Waals surface area contributed by atoms with Crippen LogP contribution in [0, 0.1) is 11.3 Å². The second-order valence-corrected chi connectivity index (χ2v) is 2.29. The van der Waals surface area contributed by atoms with Crippen molar-refractivity contribution >= 4 is 0 Å². The third kappa shape index (κ3) is 0.823. The van der Waals surface area contributed by atoms with E-state index in [0.29, 0.717) is 0 Å². The fourth-order valence-electron chi connectivity index (χ4n) is 0.867. The van der Waals surface area contributed by atoms with Gasteiger partial charge in [-0.1, -0.05) is 0 Å². The first-order chi connectivity index (χ1) is 3.77. The Balaban J connectivity index is 2.56. The third-order valence-electron chi connectivity index (χ3n) is 1.46. The summed E-state index contributed by atoms with van der Waals surface area (Å²) in [6, 6.07) is 2.12. The van der Waals surface area contributed by atoms with E-state index in [-0.39, 0.29) is 0 Å². The summed E-state index contributed by atoms with van der Waals surface area (Å²) >= 11 is 0. The largest absolute Gasteiger partial charge is 0.360 e. The van der Waals surface area contributed by atoms with Gasteiger partial charge >= 0.3 is 0 Å². The minimum atomic E-state index is -0.458. The molecule has 0 aromatic carbocycles. The van der Waals surface area contributed by atoms with Gasteiger partial charge in [-0.3, -0.25) is 0 Å². The molecule has 0 bridgehead atoms. The zero-order valence-corrected chi connectivity index (χ0v) is 4.98. The van der Waals surface area contributed by atoms with Gasteiger partial charge in [-0.2, -0.15) is 5.26 Å². The monoisotopic (exact) mass is 111 g/mol. The number of ether oxygens (including phenoxy) is 1. The molecule has 0 amide bonds. The zero-order valence-electron chi connectivity index (χ0n) is 4.98. The second kappa shape index (κ2) is 1.75. The van der Waals surface area contributed by atoms with E-state index in [2.05, 4.69) is 6.07 Å². The van der Waals surface area contributed by atoms with Crippen LogP contribution in [0.25, 0.3) is 0 Å². The summed E-state index contributed by atoms with van der Waals surface area (Å²) in [5.74, 6) is 0. The minimum Gasteiger partial charge on any atom is -0.360 e. The first kappa shape index (κ1) is 5.58. The molecular formula is C6H9NO. The highest BCUT2D eigenvalue weighted by Gasteiger charge is 2.28. The molecule has 1 rings (SSSR count). The normalized spacial score (nSPS) is 37.0.